The van der Waals surface area contributed by atoms with Crippen LogP contribution in [0.5, 0.6) is 5.75 Å². The molecule has 0 saturated heterocycles. The van der Waals surface area contributed by atoms with Crippen LogP contribution < -0.4 is 20.9 Å². The van der Waals surface area contributed by atoms with Gasteiger partial charge in [-0.15, -0.1) is 0 Å². The number of amides is 3. The van der Waals surface area contributed by atoms with Crippen molar-refractivity contribution in [3.8, 4) is 5.75 Å². The van der Waals surface area contributed by atoms with Gasteiger partial charge in [-0.25, -0.2) is 0 Å². The zero-order chi connectivity index (χ0) is 18.9. The lowest BCUT2D eigenvalue weighted by Gasteiger charge is -2.10. The first-order valence-corrected chi connectivity index (χ1v) is 8.13. The van der Waals surface area contributed by atoms with E-state index < -0.39 is 11.8 Å². The lowest BCUT2D eigenvalue weighted by molar-refractivity contribution is -0.129. The SMILES string of the molecule is Cc1cc(OCC(=O)NNC(=O)CNC(=O)c2ccccc2)ccc1Cl. The first-order valence-electron chi connectivity index (χ1n) is 7.75. The average molecular weight is 376 g/mol. The molecule has 0 aliphatic heterocycles. The summed E-state index contributed by atoms with van der Waals surface area (Å²) in [6.45, 7) is 1.27. The maximum atomic E-state index is 11.8. The molecule has 8 heteroatoms. The molecule has 2 aromatic rings. The Morgan fingerprint density at radius 1 is 1.00 bits per heavy atom. The largest absolute Gasteiger partial charge is 0.484 e. The zero-order valence-corrected chi connectivity index (χ0v) is 14.8. The normalized spacial score (nSPS) is 9.92. The third kappa shape index (κ3) is 6.10. The van der Waals surface area contributed by atoms with Gasteiger partial charge in [0.15, 0.2) is 6.61 Å². The number of carbonyl (C=O) groups excluding carboxylic acids is 3. The molecule has 26 heavy (non-hydrogen) atoms. The second-order valence-corrected chi connectivity index (χ2v) is 5.75. The van der Waals surface area contributed by atoms with Gasteiger partial charge in [0.05, 0.1) is 6.54 Å². The Balaban J connectivity index is 1.67. The number of aryl methyl sites for hydroxylation is 1. The van der Waals surface area contributed by atoms with Crippen molar-refractivity contribution in [2.45, 2.75) is 6.92 Å². The monoisotopic (exact) mass is 375 g/mol. The summed E-state index contributed by atoms with van der Waals surface area (Å²) >= 11 is 5.91. The van der Waals surface area contributed by atoms with Crippen LogP contribution in [0.15, 0.2) is 48.5 Å². The fraction of sp³-hybridized carbons (Fsp3) is 0.167. The molecule has 136 valence electrons. The summed E-state index contributed by atoms with van der Waals surface area (Å²) in [5.74, 6) is -0.998. The van der Waals surface area contributed by atoms with E-state index in [4.69, 9.17) is 16.3 Å². The summed E-state index contributed by atoms with van der Waals surface area (Å²) in [6, 6.07) is 13.5. The number of rotatable bonds is 6. The van der Waals surface area contributed by atoms with E-state index in [1.807, 2.05) is 6.92 Å². The quantitative estimate of drug-likeness (QED) is 0.668. The van der Waals surface area contributed by atoms with Gasteiger partial charge in [0.1, 0.15) is 5.75 Å². The van der Waals surface area contributed by atoms with Gasteiger partial charge in [0.2, 0.25) is 0 Å². The van der Waals surface area contributed by atoms with Crippen molar-refractivity contribution in [2.24, 2.45) is 0 Å². The molecule has 0 spiro atoms. The van der Waals surface area contributed by atoms with Crippen LogP contribution in [0, 0.1) is 6.92 Å². The summed E-state index contributed by atoms with van der Waals surface area (Å²) in [4.78, 5) is 35.1. The van der Waals surface area contributed by atoms with Crippen LogP contribution in [0.2, 0.25) is 5.02 Å². The Bertz CT molecular complexity index is 796. The number of ether oxygens (including phenoxy) is 1. The Labute approximate surface area is 155 Å². The van der Waals surface area contributed by atoms with Gasteiger partial charge in [-0.3, -0.25) is 25.2 Å². The van der Waals surface area contributed by atoms with Gasteiger partial charge in [-0.2, -0.15) is 0 Å². The molecule has 0 aliphatic carbocycles. The third-order valence-electron chi connectivity index (χ3n) is 3.29. The Morgan fingerprint density at radius 2 is 1.69 bits per heavy atom. The van der Waals surface area contributed by atoms with Gasteiger partial charge in [0.25, 0.3) is 17.7 Å². The van der Waals surface area contributed by atoms with Gasteiger partial charge >= 0.3 is 0 Å². The molecule has 0 radical (unpaired) electrons. The third-order valence-corrected chi connectivity index (χ3v) is 3.71. The minimum absolute atomic E-state index is 0.273. The second kappa shape index (κ2) is 9.43. The first-order chi connectivity index (χ1) is 12.5. The van der Waals surface area contributed by atoms with E-state index in [1.165, 1.54) is 0 Å². The topological polar surface area (TPSA) is 96.5 Å². The van der Waals surface area contributed by atoms with Crippen molar-refractivity contribution in [1.29, 1.82) is 0 Å². The average Bonchev–Trinajstić information content (AvgIpc) is 2.66. The van der Waals surface area contributed by atoms with Crippen LogP contribution in [-0.2, 0) is 9.59 Å². The van der Waals surface area contributed by atoms with Gasteiger partial charge in [-0.1, -0.05) is 29.8 Å². The molecule has 0 saturated carbocycles. The van der Waals surface area contributed by atoms with Gasteiger partial charge in [-0.05, 0) is 42.8 Å². The molecule has 2 aromatic carbocycles. The molecular formula is C18H18ClN3O4. The molecule has 0 heterocycles. The van der Waals surface area contributed by atoms with E-state index in [9.17, 15) is 14.4 Å². The van der Waals surface area contributed by atoms with Crippen molar-refractivity contribution in [3.05, 3.63) is 64.7 Å². The number of carbonyl (C=O) groups is 3. The predicted octanol–water partition coefficient (Wildman–Crippen LogP) is 1.60. The lowest BCUT2D eigenvalue weighted by atomic mass is 10.2. The van der Waals surface area contributed by atoms with Crippen LogP contribution in [0.25, 0.3) is 0 Å². The molecule has 7 nitrogen and oxygen atoms in total. The number of hydrogen-bond acceptors (Lipinski definition) is 4. The van der Waals surface area contributed by atoms with Crippen molar-refractivity contribution < 1.29 is 19.1 Å². The van der Waals surface area contributed by atoms with Crippen LogP contribution in [0.4, 0.5) is 0 Å². The molecule has 3 amide bonds. The highest BCUT2D eigenvalue weighted by molar-refractivity contribution is 6.31. The molecule has 0 fully saturated rings. The molecule has 0 aromatic heterocycles. The van der Waals surface area contributed by atoms with E-state index >= 15 is 0 Å². The molecule has 0 atom stereocenters. The van der Waals surface area contributed by atoms with Gasteiger partial charge in [0, 0.05) is 10.6 Å². The highest BCUT2D eigenvalue weighted by Crippen LogP contribution is 2.20. The van der Waals surface area contributed by atoms with Gasteiger partial charge < -0.3 is 10.1 Å². The summed E-state index contributed by atoms with van der Waals surface area (Å²) < 4.78 is 5.30. The zero-order valence-electron chi connectivity index (χ0n) is 14.0. The maximum Gasteiger partial charge on any atom is 0.276 e. The summed E-state index contributed by atoms with van der Waals surface area (Å²) in [5.41, 5.74) is 5.66. The van der Waals surface area contributed by atoms with Crippen molar-refractivity contribution in [3.63, 3.8) is 0 Å². The number of halogens is 1. The number of nitrogens with one attached hydrogen (secondary N) is 3. The molecule has 0 aliphatic rings. The Morgan fingerprint density at radius 3 is 2.38 bits per heavy atom. The van der Waals surface area contributed by atoms with E-state index in [0.717, 1.165) is 5.56 Å². The number of hydrogen-bond donors (Lipinski definition) is 3. The number of hydrazine groups is 1. The highest BCUT2D eigenvalue weighted by atomic mass is 35.5. The van der Waals surface area contributed by atoms with E-state index in [2.05, 4.69) is 16.2 Å². The highest BCUT2D eigenvalue weighted by Gasteiger charge is 2.09. The van der Waals surface area contributed by atoms with Crippen LogP contribution in [0.3, 0.4) is 0 Å². The standard InChI is InChI=1S/C18H18ClN3O4/c1-12-9-14(7-8-15(12)19)26-11-17(24)22-21-16(23)10-20-18(25)13-5-3-2-4-6-13/h2-9H,10-11H2,1H3,(H,20,25)(H,21,23)(H,22,24). The van der Waals surface area contributed by atoms with E-state index in [-0.39, 0.29) is 19.1 Å². The lowest BCUT2D eigenvalue weighted by Crippen LogP contribution is -2.47. The number of benzene rings is 2. The molecule has 2 rings (SSSR count). The molecule has 0 unspecified atom stereocenters. The van der Waals surface area contributed by atoms with E-state index in [0.29, 0.717) is 16.3 Å². The fourth-order valence-corrected chi connectivity index (χ4v) is 2.05. The summed E-state index contributed by atoms with van der Waals surface area (Å²) in [5, 5.41) is 3.05. The first kappa shape index (κ1) is 19.3. The van der Waals surface area contributed by atoms with Crippen molar-refractivity contribution in [1.82, 2.24) is 16.2 Å². The molecule has 0 bridgehead atoms. The maximum absolute atomic E-state index is 11.8. The van der Waals surface area contributed by atoms with Crippen LogP contribution in [0.1, 0.15) is 15.9 Å². The molecular weight excluding hydrogens is 358 g/mol. The van der Waals surface area contributed by atoms with Crippen molar-refractivity contribution >= 4 is 29.3 Å². The summed E-state index contributed by atoms with van der Waals surface area (Å²) in [6.07, 6.45) is 0. The van der Waals surface area contributed by atoms with E-state index in [1.54, 1.807) is 48.5 Å². The Kier molecular flexibility index (Phi) is 6.99. The van der Waals surface area contributed by atoms with Crippen LogP contribution in [-0.4, -0.2) is 30.9 Å². The molecule has 3 N–H and O–H groups in total. The summed E-state index contributed by atoms with van der Waals surface area (Å²) in [7, 11) is 0. The minimum atomic E-state index is -0.565. The fourth-order valence-electron chi connectivity index (χ4n) is 1.93. The van der Waals surface area contributed by atoms with Crippen LogP contribution >= 0.6 is 11.6 Å². The predicted molar refractivity (Wildman–Crippen MR) is 96.7 cm³/mol. The van der Waals surface area contributed by atoms with Crippen molar-refractivity contribution in [2.75, 3.05) is 13.2 Å². The second-order valence-electron chi connectivity index (χ2n) is 5.34. The smallest absolute Gasteiger partial charge is 0.276 e. The Hall–Kier alpha value is -3.06. The minimum Gasteiger partial charge on any atom is -0.484 e.